The van der Waals surface area contributed by atoms with E-state index in [1.165, 1.54) is 16.4 Å². The van der Waals surface area contributed by atoms with Gasteiger partial charge in [-0.2, -0.15) is 4.31 Å². The summed E-state index contributed by atoms with van der Waals surface area (Å²) in [7, 11) is -2.01. The van der Waals surface area contributed by atoms with Crippen LogP contribution in [-0.4, -0.2) is 44.6 Å². The molecule has 1 aromatic carbocycles. The van der Waals surface area contributed by atoms with Crippen LogP contribution in [0, 0.1) is 5.92 Å². The number of aliphatic hydroxyl groups excluding tert-OH is 1. The van der Waals surface area contributed by atoms with Crippen molar-refractivity contribution in [1.82, 2.24) is 4.31 Å². The Kier molecular flexibility index (Phi) is 5.04. The topological polar surface area (TPSA) is 66.8 Å². The molecule has 1 aliphatic rings. The summed E-state index contributed by atoms with van der Waals surface area (Å²) in [5, 5.41) is 9.31. The average Bonchev–Trinajstić information content (AvgIpc) is 2.89. The molecule has 1 aliphatic heterocycles. The summed E-state index contributed by atoms with van der Waals surface area (Å²) in [4.78, 5) is 0.0591. The normalized spacial score (nSPS) is 20.4. The zero-order valence-electron chi connectivity index (χ0n) is 11.3. The van der Waals surface area contributed by atoms with E-state index in [-0.39, 0.29) is 22.4 Å². The van der Waals surface area contributed by atoms with Gasteiger partial charge in [-0.05, 0) is 30.0 Å². The van der Waals surface area contributed by atoms with Crippen LogP contribution in [0.25, 0.3) is 0 Å². The first-order chi connectivity index (χ1) is 9.48. The van der Waals surface area contributed by atoms with Crippen LogP contribution in [0.15, 0.2) is 23.1 Å². The molecule has 1 atom stereocenters. The van der Waals surface area contributed by atoms with Gasteiger partial charge >= 0.3 is 0 Å². The standard InChI is InChI=1S/C13H18ClNO4S/c1-19-9-11-4-5-15(7-11)20(17,18)13-6-10(8-16)2-3-12(13)14/h2-3,6,11,16H,4-5,7-9H2,1H3. The van der Waals surface area contributed by atoms with Gasteiger partial charge in [-0.25, -0.2) is 8.42 Å². The lowest BCUT2D eigenvalue weighted by atomic mass is 10.1. The summed E-state index contributed by atoms with van der Waals surface area (Å²) in [6.45, 7) is 1.24. The smallest absolute Gasteiger partial charge is 0.244 e. The van der Waals surface area contributed by atoms with E-state index in [2.05, 4.69) is 0 Å². The largest absolute Gasteiger partial charge is 0.392 e. The molecule has 5 nitrogen and oxygen atoms in total. The highest BCUT2D eigenvalue weighted by Crippen LogP contribution is 2.29. The average molecular weight is 320 g/mol. The van der Waals surface area contributed by atoms with Crippen molar-refractivity contribution >= 4 is 21.6 Å². The Morgan fingerprint density at radius 1 is 1.50 bits per heavy atom. The minimum absolute atomic E-state index is 0.0591. The number of sulfonamides is 1. The number of methoxy groups -OCH3 is 1. The molecule has 0 amide bonds. The second kappa shape index (κ2) is 6.41. The van der Waals surface area contributed by atoms with Crippen molar-refractivity contribution in [2.24, 2.45) is 5.92 Å². The molecule has 1 unspecified atom stereocenters. The fourth-order valence-electron chi connectivity index (χ4n) is 2.37. The third-order valence-corrected chi connectivity index (χ3v) is 5.79. The molecule has 0 bridgehead atoms. The molecular weight excluding hydrogens is 302 g/mol. The van der Waals surface area contributed by atoms with Gasteiger partial charge in [0.2, 0.25) is 10.0 Å². The molecular formula is C13H18ClNO4S. The monoisotopic (exact) mass is 319 g/mol. The molecule has 1 fully saturated rings. The maximum Gasteiger partial charge on any atom is 0.244 e. The molecule has 1 heterocycles. The molecule has 2 rings (SSSR count). The molecule has 0 radical (unpaired) electrons. The molecule has 112 valence electrons. The minimum Gasteiger partial charge on any atom is -0.392 e. The van der Waals surface area contributed by atoms with Crippen molar-refractivity contribution in [1.29, 1.82) is 0 Å². The van der Waals surface area contributed by atoms with Crippen molar-refractivity contribution in [2.45, 2.75) is 17.9 Å². The van der Waals surface area contributed by atoms with Crippen molar-refractivity contribution in [3.63, 3.8) is 0 Å². The second-order valence-electron chi connectivity index (χ2n) is 4.90. The highest BCUT2D eigenvalue weighted by molar-refractivity contribution is 7.89. The van der Waals surface area contributed by atoms with Crippen LogP contribution < -0.4 is 0 Å². The van der Waals surface area contributed by atoms with Crippen molar-refractivity contribution in [3.05, 3.63) is 28.8 Å². The Balaban J connectivity index is 2.27. The molecule has 1 saturated heterocycles. The van der Waals surface area contributed by atoms with E-state index in [9.17, 15) is 8.42 Å². The van der Waals surface area contributed by atoms with Gasteiger partial charge in [-0.3, -0.25) is 0 Å². The number of hydrogen-bond donors (Lipinski definition) is 1. The van der Waals surface area contributed by atoms with Gasteiger partial charge in [0, 0.05) is 20.2 Å². The Hall–Kier alpha value is -0.660. The van der Waals surface area contributed by atoms with E-state index >= 15 is 0 Å². The number of rotatable bonds is 5. The fourth-order valence-corrected chi connectivity index (χ4v) is 4.43. The SMILES string of the molecule is COCC1CCN(S(=O)(=O)c2cc(CO)ccc2Cl)C1. The minimum atomic E-state index is -3.62. The van der Waals surface area contributed by atoms with Crippen molar-refractivity contribution in [2.75, 3.05) is 26.8 Å². The zero-order valence-corrected chi connectivity index (χ0v) is 12.8. The van der Waals surface area contributed by atoms with Crippen molar-refractivity contribution in [3.8, 4) is 0 Å². The predicted molar refractivity (Wildman–Crippen MR) is 76.1 cm³/mol. The third-order valence-electron chi connectivity index (χ3n) is 3.45. The maximum atomic E-state index is 12.6. The number of aliphatic hydroxyl groups is 1. The predicted octanol–water partition coefficient (Wildman–Crippen LogP) is 1.49. The molecule has 0 aliphatic carbocycles. The molecule has 0 aromatic heterocycles. The summed E-state index contributed by atoms with van der Waals surface area (Å²) in [6, 6.07) is 4.54. The molecule has 7 heteroatoms. The van der Waals surface area contributed by atoms with Crippen LogP contribution in [0.2, 0.25) is 5.02 Å². The summed E-state index contributed by atoms with van der Waals surface area (Å²) >= 11 is 6.00. The van der Waals surface area contributed by atoms with Crippen LogP contribution in [0.3, 0.4) is 0 Å². The lowest BCUT2D eigenvalue weighted by Gasteiger charge is -2.18. The number of nitrogens with zero attached hydrogens (tertiary/aromatic N) is 1. The van der Waals surface area contributed by atoms with Crippen LogP contribution in [0.5, 0.6) is 0 Å². The Labute approximate surface area is 124 Å². The zero-order chi connectivity index (χ0) is 14.8. The molecule has 0 spiro atoms. The fraction of sp³-hybridized carbons (Fsp3) is 0.538. The highest BCUT2D eigenvalue weighted by atomic mass is 35.5. The van der Waals surface area contributed by atoms with Crippen LogP contribution in [0.1, 0.15) is 12.0 Å². The molecule has 1 aromatic rings. The van der Waals surface area contributed by atoms with Crippen LogP contribution >= 0.6 is 11.6 Å². The summed E-state index contributed by atoms with van der Waals surface area (Å²) in [6.07, 6.45) is 0.782. The second-order valence-corrected chi connectivity index (χ2v) is 7.21. The Bertz CT molecular complexity index is 576. The maximum absolute atomic E-state index is 12.6. The van der Waals surface area contributed by atoms with E-state index in [4.69, 9.17) is 21.4 Å². The van der Waals surface area contributed by atoms with Crippen molar-refractivity contribution < 1.29 is 18.3 Å². The summed E-state index contributed by atoms with van der Waals surface area (Å²) < 4.78 is 31.7. The van der Waals surface area contributed by atoms with E-state index < -0.39 is 10.0 Å². The van der Waals surface area contributed by atoms with Gasteiger partial charge in [0.1, 0.15) is 4.90 Å². The van der Waals surface area contributed by atoms with E-state index in [1.54, 1.807) is 13.2 Å². The third kappa shape index (κ3) is 3.15. The molecule has 0 saturated carbocycles. The Morgan fingerprint density at radius 2 is 2.25 bits per heavy atom. The van der Waals surface area contributed by atoms with E-state index in [1.807, 2.05) is 0 Å². The summed E-state index contributed by atoms with van der Waals surface area (Å²) in [5.74, 6) is 0.217. The van der Waals surface area contributed by atoms with Gasteiger partial charge in [0.25, 0.3) is 0 Å². The quantitative estimate of drug-likeness (QED) is 0.893. The number of hydrogen-bond acceptors (Lipinski definition) is 4. The van der Waals surface area contributed by atoms with Crippen LogP contribution in [-0.2, 0) is 21.4 Å². The first-order valence-corrected chi connectivity index (χ1v) is 8.19. The molecule has 20 heavy (non-hydrogen) atoms. The Morgan fingerprint density at radius 3 is 2.90 bits per heavy atom. The van der Waals surface area contributed by atoms with Gasteiger partial charge < -0.3 is 9.84 Å². The van der Waals surface area contributed by atoms with E-state index in [0.717, 1.165) is 6.42 Å². The van der Waals surface area contributed by atoms with Crippen LogP contribution in [0.4, 0.5) is 0 Å². The van der Waals surface area contributed by atoms with Gasteiger partial charge in [-0.1, -0.05) is 17.7 Å². The summed E-state index contributed by atoms with van der Waals surface area (Å²) in [5.41, 5.74) is 0.528. The first-order valence-electron chi connectivity index (χ1n) is 6.37. The highest BCUT2D eigenvalue weighted by Gasteiger charge is 2.33. The van der Waals surface area contributed by atoms with Gasteiger partial charge in [0.15, 0.2) is 0 Å². The number of halogens is 1. The molecule has 1 N–H and O–H groups in total. The number of benzene rings is 1. The lowest BCUT2D eigenvalue weighted by Crippen LogP contribution is -2.29. The van der Waals surface area contributed by atoms with E-state index in [0.29, 0.717) is 25.3 Å². The first kappa shape index (κ1) is 15.7. The van der Waals surface area contributed by atoms with Gasteiger partial charge in [-0.15, -0.1) is 0 Å². The van der Waals surface area contributed by atoms with Gasteiger partial charge in [0.05, 0.1) is 18.2 Å². The number of ether oxygens (including phenoxy) is 1. The lowest BCUT2D eigenvalue weighted by molar-refractivity contribution is 0.157.